The second-order valence-electron chi connectivity index (χ2n) is 9.48. The second kappa shape index (κ2) is 5.37. The lowest BCUT2D eigenvalue weighted by Gasteiger charge is -2.32. The van der Waals surface area contributed by atoms with Crippen LogP contribution in [-0.2, 0) is 17.4 Å². The normalized spacial score (nSPS) is 26.9. The molecule has 5 rings (SSSR count). The first-order chi connectivity index (χ1) is 12.9. The largest absolute Gasteiger partial charge is 0.277 e. The van der Waals surface area contributed by atoms with Crippen LogP contribution in [0.4, 0.5) is 0 Å². The Balaban J connectivity index is 1.85. The highest BCUT2D eigenvalue weighted by molar-refractivity contribution is 5.65. The SMILES string of the molecule is C=CCn1c2c(c(=O)n1-c1cccc3c1C(C)(C)CC=C3)[C@H]1CC[C@]2(C)C1. The maximum absolute atomic E-state index is 13.7. The number of hydrogen-bond acceptors (Lipinski definition) is 1. The first kappa shape index (κ1) is 16.9. The monoisotopic (exact) mass is 360 g/mol. The Hall–Kier alpha value is -2.29. The molecule has 0 unspecified atom stereocenters. The molecule has 3 nitrogen and oxygen atoms in total. The summed E-state index contributed by atoms with van der Waals surface area (Å²) in [5.41, 5.74) is 6.25. The van der Waals surface area contributed by atoms with Gasteiger partial charge in [0.2, 0.25) is 0 Å². The van der Waals surface area contributed by atoms with E-state index in [4.69, 9.17) is 0 Å². The van der Waals surface area contributed by atoms with Gasteiger partial charge in [0, 0.05) is 11.0 Å². The average molecular weight is 361 g/mol. The van der Waals surface area contributed by atoms with Crippen LogP contribution in [0.2, 0.25) is 0 Å². The lowest BCUT2D eigenvalue weighted by atomic mass is 9.75. The van der Waals surface area contributed by atoms with Crippen molar-refractivity contribution in [2.75, 3.05) is 0 Å². The molecule has 2 atom stereocenters. The van der Waals surface area contributed by atoms with Gasteiger partial charge in [-0.3, -0.25) is 9.48 Å². The summed E-state index contributed by atoms with van der Waals surface area (Å²) in [4.78, 5) is 13.7. The number of nitrogens with zero attached hydrogens (tertiary/aromatic N) is 2. The molecule has 1 aromatic carbocycles. The van der Waals surface area contributed by atoms with Crippen molar-refractivity contribution in [3.63, 3.8) is 0 Å². The summed E-state index contributed by atoms with van der Waals surface area (Å²) in [6.45, 7) is 11.6. The Bertz CT molecular complexity index is 1050. The molecule has 27 heavy (non-hydrogen) atoms. The van der Waals surface area contributed by atoms with Gasteiger partial charge in [0.1, 0.15) is 0 Å². The van der Waals surface area contributed by atoms with Crippen LogP contribution in [0.15, 0.2) is 41.7 Å². The fourth-order valence-corrected chi connectivity index (χ4v) is 6.00. The first-order valence-electron chi connectivity index (χ1n) is 10.1. The standard InChI is InChI=1S/C24H28N2O/c1-5-14-25-21-19(17-11-13-24(21,4)15-17)22(27)26(25)18-10-6-8-16-9-7-12-23(2,3)20(16)18/h5-10,17H,1,11-15H2,2-4H3/t17-,24+/m0/s1. The number of hydrogen-bond donors (Lipinski definition) is 0. The summed E-state index contributed by atoms with van der Waals surface area (Å²) in [6, 6.07) is 6.37. The van der Waals surface area contributed by atoms with Crippen molar-refractivity contribution < 1.29 is 0 Å². The van der Waals surface area contributed by atoms with Gasteiger partial charge in [-0.25, -0.2) is 4.68 Å². The van der Waals surface area contributed by atoms with Crippen LogP contribution >= 0.6 is 0 Å². The molecule has 1 aromatic heterocycles. The van der Waals surface area contributed by atoms with Crippen molar-refractivity contribution >= 4 is 6.08 Å². The van der Waals surface area contributed by atoms with Gasteiger partial charge in [-0.05, 0) is 54.2 Å². The number of allylic oxidation sites excluding steroid dienone is 2. The minimum Gasteiger partial charge on any atom is -0.277 e. The third-order valence-corrected chi connectivity index (χ3v) is 7.11. The summed E-state index contributed by atoms with van der Waals surface area (Å²) in [5.74, 6) is 0.433. The van der Waals surface area contributed by atoms with Gasteiger partial charge in [0.25, 0.3) is 5.56 Å². The van der Waals surface area contributed by atoms with E-state index in [1.54, 1.807) is 0 Å². The molecule has 1 fully saturated rings. The van der Waals surface area contributed by atoms with Gasteiger partial charge >= 0.3 is 0 Å². The molecule has 140 valence electrons. The Morgan fingerprint density at radius 2 is 2.11 bits per heavy atom. The third-order valence-electron chi connectivity index (χ3n) is 7.11. The smallest absolute Gasteiger partial charge is 0.275 e. The van der Waals surface area contributed by atoms with Crippen molar-refractivity contribution in [3.05, 3.63) is 69.7 Å². The summed E-state index contributed by atoms with van der Waals surface area (Å²) in [6.07, 6.45) is 10.8. The zero-order valence-electron chi connectivity index (χ0n) is 16.6. The van der Waals surface area contributed by atoms with E-state index in [1.807, 2.05) is 10.8 Å². The number of benzene rings is 1. The number of aromatic nitrogens is 2. The molecule has 2 aromatic rings. The molecule has 0 saturated heterocycles. The highest BCUT2D eigenvalue weighted by Crippen LogP contribution is 2.56. The van der Waals surface area contributed by atoms with E-state index in [2.05, 4.69) is 62.4 Å². The maximum Gasteiger partial charge on any atom is 0.275 e. The van der Waals surface area contributed by atoms with Crippen LogP contribution in [-0.4, -0.2) is 9.36 Å². The number of fused-ring (bicyclic) bond motifs is 6. The Morgan fingerprint density at radius 1 is 1.30 bits per heavy atom. The molecule has 0 aliphatic heterocycles. The minimum absolute atomic E-state index is 0.0106. The van der Waals surface area contributed by atoms with E-state index in [1.165, 1.54) is 23.2 Å². The van der Waals surface area contributed by atoms with Crippen molar-refractivity contribution in [3.8, 4) is 5.69 Å². The molecular weight excluding hydrogens is 332 g/mol. The summed E-state index contributed by atoms with van der Waals surface area (Å²) in [5, 5.41) is 0. The van der Waals surface area contributed by atoms with E-state index in [9.17, 15) is 4.79 Å². The van der Waals surface area contributed by atoms with E-state index in [0.29, 0.717) is 12.5 Å². The highest BCUT2D eigenvalue weighted by atomic mass is 16.1. The highest BCUT2D eigenvalue weighted by Gasteiger charge is 2.51. The lowest BCUT2D eigenvalue weighted by Crippen LogP contribution is -2.30. The molecule has 1 heterocycles. The molecule has 1 saturated carbocycles. The van der Waals surface area contributed by atoms with Gasteiger partial charge in [-0.1, -0.05) is 51.1 Å². The van der Waals surface area contributed by atoms with Gasteiger partial charge in [0.15, 0.2) is 0 Å². The summed E-state index contributed by atoms with van der Waals surface area (Å²) in [7, 11) is 0. The van der Waals surface area contributed by atoms with Crippen molar-refractivity contribution in [1.29, 1.82) is 0 Å². The van der Waals surface area contributed by atoms with E-state index < -0.39 is 0 Å². The van der Waals surface area contributed by atoms with Gasteiger partial charge in [0.05, 0.1) is 17.9 Å². The van der Waals surface area contributed by atoms with E-state index in [0.717, 1.165) is 30.5 Å². The molecule has 0 radical (unpaired) electrons. The van der Waals surface area contributed by atoms with E-state index >= 15 is 0 Å². The molecule has 3 heteroatoms. The van der Waals surface area contributed by atoms with Crippen LogP contribution in [0.5, 0.6) is 0 Å². The topological polar surface area (TPSA) is 26.9 Å². The molecule has 3 aliphatic rings. The van der Waals surface area contributed by atoms with Crippen LogP contribution in [0.3, 0.4) is 0 Å². The quantitative estimate of drug-likeness (QED) is 0.703. The zero-order chi connectivity index (χ0) is 19.0. The molecule has 2 bridgehead atoms. The van der Waals surface area contributed by atoms with Gasteiger partial charge in [-0.2, -0.15) is 0 Å². The Labute approximate surface area is 161 Å². The predicted octanol–water partition coefficient (Wildman–Crippen LogP) is 5.06. The van der Waals surface area contributed by atoms with Crippen molar-refractivity contribution in [2.24, 2.45) is 0 Å². The van der Waals surface area contributed by atoms with Crippen LogP contribution < -0.4 is 5.56 Å². The van der Waals surface area contributed by atoms with Crippen molar-refractivity contribution in [1.82, 2.24) is 9.36 Å². The van der Waals surface area contributed by atoms with Crippen LogP contribution in [0.1, 0.15) is 74.8 Å². The van der Waals surface area contributed by atoms with E-state index in [-0.39, 0.29) is 16.4 Å². The van der Waals surface area contributed by atoms with Crippen LogP contribution in [0.25, 0.3) is 11.8 Å². The Kier molecular flexibility index (Phi) is 3.35. The minimum atomic E-state index is 0.0106. The molecule has 0 N–H and O–H groups in total. The van der Waals surface area contributed by atoms with Gasteiger partial charge in [-0.15, -0.1) is 6.58 Å². The summed E-state index contributed by atoms with van der Waals surface area (Å²) < 4.78 is 4.20. The molecule has 0 spiro atoms. The summed E-state index contributed by atoms with van der Waals surface area (Å²) >= 11 is 0. The van der Waals surface area contributed by atoms with Crippen molar-refractivity contribution in [2.45, 2.75) is 69.7 Å². The lowest BCUT2D eigenvalue weighted by molar-refractivity contribution is 0.433. The zero-order valence-corrected chi connectivity index (χ0v) is 16.6. The molecule has 0 amide bonds. The number of rotatable bonds is 3. The second-order valence-corrected chi connectivity index (χ2v) is 9.48. The molecular formula is C24H28N2O. The Morgan fingerprint density at radius 3 is 2.89 bits per heavy atom. The first-order valence-corrected chi connectivity index (χ1v) is 10.1. The fraction of sp³-hybridized carbons (Fsp3) is 0.458. The van der Waals surface area contributed by atoms with Crippen LogP contribution in [0, 0.1) is 0 Å². The predicted molar refractivity (Wildman–Crippen MR) is 111 cm³/mol. The maximum atomic E-state index is 13.7. The third kappa shape index (κ3) is 2.11. The fourth-order valence-electron chi connectivity index (χ4n) is 6.00. The average Bonchev–Trinajstić information content (AvgIpc) is 3.23. The molecule has 3 aliphatic carbocycles. The van der Waals surface area contributed by atoms with Gasteiger partial charge < -0.3 is 0 Å².